The predicted octanol–water partition coefficient (Wildman–Crippen LogP) is 2.25. The minimum absolute atomic E-state index is 0.0943. The Balaban J connectivity index is 2.12. The van der Waals surface area contributed by atoms with Crippen molar-refractivity contribution < 1.29 is 4.74 Å². The van der Waals surface area contributed by atoms with Crippen LogP contribution in [0.25, 0.3) is 0 Å². The summed E-state index contributed by atoms with van der Waals surface area (Å²) >= 11 is 0. The van der Waals surface area contributed by atoms with E-state index < -0.39 is 0 Å². The fraction of sp³-hybridized carbons (Fsp3) is 1.00. The summed E-state index contributed by atoms with van der Waals surface area (Å²) in [6.45, 7) is 3.26. The van der Waals surface area contributed by atoms with Crippen molar-refractivity contribution in [2.24, 2.45) is 0 Å². The van der Waals surface area contributed by atoms with Gasteiger partial charge in [0.2, 0.25) is 0 Å². The fourth-order valence-corrected chi connectivity index (χ4v) is 4.87. The van der Waals surface area contributed by atoms with E-state index in [0.29, 0.717) is 5.54 Å². The van der Waals surface area contributed by atoms with Gasteiger partial charge in [-0.1, -0.05) is 13.3 Å². The summed E-state index contributed by atoms with van der Waals surface area (Å²) in [5.41, 5.74) is 0.443. The Hall–Kier alpha value is 0.350. The first-order valence-corrected chi connectivity index (χ1v) is 6.51. The number of likely N-dealkylation sites (N-methyl/N-ethyl adjacent to an activating group) is 1. The highest BCUT2D eigenvalue weighted by atomic mass is 31.1. The van der Waals surface area contributed by atoms with Crippen LogP contribution < -0.4 is 0 Å². The molecule has 2 aliphatic heterocycles. The van der Waals surface area contributed by atoms with Gasteiger partial charge in [-0.05, 0) is 34.1 Å². The van der Waals surface area contributed by atoms with E-state index in [-0.39, 0.29) is 8.07 Å². The van der Waals surface area contributed by atoms with Crippen LogP contribution in [0.5, 0.6) is 0 Å². The highest BCUT2D eigenvalue weighted by molar-refractivity contribution is 7.55. The zero-order valence-corrected chi connectivity index (χ0v) is 8.94. The molecule has 0 aliphatic carbocycles. The lowest BCUT2D eigenvalue weighted by molar-refractivity contribution is 0.0428. The molecule has 2 atom stereocenters. The van der Waals surface area contributed by atoms with Crippen molar-refractivity contribution in [3.8, 4) is 0 Å². The van der Waals surface area contributed by atoms with E-state index >= 15 is 0 Å². The Bertz CT molecular complexity index is 166. The molecule has 12 heavy (non-hydrogen) atoms. The average Bonchev–Trinajstić information content (AvgIpc) is 2.30. The highest BCUT2D eigenvalue weighted by Crippen LogP contribution is 2.57. The quantitative estimate of drug-likeness (QED) is 0.615. The molecule has 0 amide bonds. The van der Waals surface area contributed by atoms with Crippen molar-refractivity contribution in [3.05, 3.63) is 0 Å². The molecule has 0 saturated carbocycles. The summed E-state index contributed by atoms with van der Waals surface area (Å²) in [5, 5.41) is 0. The first kappa shape index (κ1) is 8.93. The lowest BCUT2D eigenvalue weighted by Gasteiger charge is -2.42. The first-order valence-electron chi connectivity index (χ1n) is 4.85. The Kier molecular flexibility index (Phi) is 2.42. The van der Waals surface area contributed by atoms with Crippen LogP contribution >= 0.6 is 8.07 Å². The molecule has 3 heteroatoms. The molecule has 0 aromatic carbocycles. The lowest BCUT2D eigenvalue weighted by atomic mass is 9.92. The first-order chi connectivity index (χ1) is 5.78. The monoisotopic (exact) mass is 187 g/mol. The molecule has 0 aromatic heterocycles. The molecule has 0 radical (unpaired) electrons. The molecular formula is C9H18NOP. The molecule has 2 bridgehead atoms. The molecule has 70 valence electrons. The molecule has 2 unspecified atom stereocenters. The van der Waals surface area contributed by atoms with Crippen LogP contribution in [0.15, 0.2) is 0 Å². The summed E-state index contributed by atoms with van der Waals surface area (Å²) in [7, 11) is 2.40. The lowest BCUT2D eigenvalue weighted by Crippen LogP contribution is -2.46. The predicted molar refractivity (Wildman–Crippen MR) is 52.6 cm³/mol. The van der Waals surface area contributed by atoms with Crippen LogP contribution in [0.2, 0.25) is 0 Å². The van der Waals surface area contributed by atoms with Crippen molar-refractivity contribution in [2.45, 2.75) is 31.7 Å². The van der Waals surface area contributed by atoms with Gasteiger partial charge in [-0.2, -0.15) is 0 Å². The molecule has 0 N–H and O–H groups in total. The third-order valence-electron chi connectivity index (χ3n) is 3.27. The zero-order valence-electron chi connectivity index (χ0n) is 8.05. The minimum atomic E-state index is 0.0943. The van der Waals surface area contributed by atoms with Gasteiger partial charge in [-0.3, -0.25) is 4.67 Å². The van der Waals surface area contributed by atoms with Crippen LogP contribution in [0.4, 0.5) is 0 Å². The fourth-order valence-electron chi connectivity index (χ4n) is 2.43. The smallest absolute Gasteiger partial charge is 0.0797 e. The van der Waals surface area contributed by atoms with Crippen molar-refractivity contribution in [3.63, 3.8) is 0 Å². The van der Waals surface area contributed by atoms with Crippen LogP contribution in [-0.2, 0) is 4.74 Å². The van der Waals surface area contributed by atoms with E-state index in [4.69, 9.17) is 4.74 Å². The van der Waals surface area contributed by atoms with Gasteiger partial charge in [0.25, 0.3) is 0 Å². The van der Waals surface area contributed by atoms with E-state index in [9.17, 15) is 0 Å². The van der Waals surface area contributed by atoms with Crippen LogP contribution in [0.3, 0.4) is 0 Å². The number of ether oxygens (including phenoxy) is 1. The third kappa shape index (κ3) is 1.21. The molecule has 2 aliphatic rings. The van der Waals surface area contributed by atoms with Crippen LogP contribution in [0, 0.1) is 0 Å². The second-order valence-electron chi connectivity index (χ2n) is 3.96. The van der Waals surface area contributed by atoms with E-state index in [0.717, 1.165) is 13.0 Å². The second-order valence-corrected chi connectivity index (χ2v) is 6.27. The summed E-state index contributed by atoms with van der Waals surface area (Å²) in [6.07, 6.45) is 6.42. The second kappa shape index (κ2) is 3.25. The molecule has 0 aromatic rings. The SMILES string of the molecule is CCCC12CCP(COC1)N2C. The molecule has 2 heterocycles. The molecule has 0 spiro atoms. The molecule has 2 rings (SSSR count). The molecule has 2 fully saturated rings. The van der Waals surface area contributed by atoms with E-state index in [1.54, 1.807) is 0 Å². The summed E-state index contributed by atoms with van der Waals surface area (Å²) in [6, 6.07) is 0. The van der Waals surface area contributed by atoms with Crippen LogP contribution in [-0.4, -0.2) is 36.4 Å². The topological polar surface area (TPSA) is 12.5 Å². The van der Waals surface area contributed by atoms with Gasteiger partial charge in [-0.15, -0.1) is 0 Å². The van der Waals surface area contributed by atoms with Crippen molar-refractivity contribution in [1.82, 2.24) is 4.67 Å². The van der Waals surface area contributed by atoms with E-state index in [1.165, 1.54) is 25.4 Å². The molecule has 2 nitrogen and oxygen atoms in total. The number of hydrogen-bond donors (Lipinski definition) is 0. The Morgan fingerprint density at radius 3 is 3.17 bits per heavy atom. The maximum absolute atomic E-state index is 5.67. The summed E-state index contributed by atoms with van der Waals surface area (Å²) in [5.74, 6) is 0. The van der Waals surface area contributed by atoms with Crippen molar-refractivity contribution >= 4 is 8.07 Å². The van der Waals surface area contributed by atoms with Crippen molar-refractivity contribution in [1.29, 1.82) is 0 Å². The number of rotatable bonds is 2. The van der Waals surface area contributed by atoms with Crippen LogP contribution in [0.1, 0.15) is 26.2 Å². The Morgan fingerprint density at radius 2 is 2.42 bits per heavy atom. The minimum Gasteiger partial charge on any atom is -0.374 e. The number of fused-ring (bicyclic) bond motifs is 2. The number of nitrogens with zero attached hydrogens (tertiary/aromatic N) is 1. The summed E-state index contributed by atoms with van der Waals surface area (Å²) < 4.78 is 8.30. The van der Waals surface area contributed by atoms with Crippen molar-refractivity contribution in [2.75, 3.05) is 26.2 Å². The van der Waals surface area contributed by atoms with Gasteiger partial charge in [0, 0.05) is 5.54 Å². The Morgan fingerprint density at radius 1 is 1.58 bits per heavy atom. The maximum Gasteiger partial charge on any atom is 0.0797 e. The standard InChI is InChI=1S/C9H18NOP/c1-3-4-9-5-6-12(10(9)2)8-11-7-9/h3-8H2,1-2H3. The zero-order chi connectivity index (χ0) is 8.60. The third-order valence-corrected chi connectivity index (χ3v) is 5.77. The Labute approximate surface area is 76.1 Å². The highest BCUT2D eigenvalue weighted by Gasteiger charge is 2.46. The van der Waals surface area contributed by atoms with Gasteiger partial charge in [0.05, 0.1) is 13.0 Å². The van der Waals surface area contributed by atoms with Gasteiger partial charge < -0.3 is 4.74 Å². The van der Waals surface area contributed by atoms with Gasteiger partial charge in [-0.25, -0.2) is 0 Å². The molecular weight excluding hydrogens is 169 g/mol. The largest absolute Gasteiger partial charge is 0.374 e. The summed E-state index contributed by atoms with van der Waals surface area (Å²) in [4.78, 5) is 0. The maximum atomic E-state index is 5.67. The normalized spacial score (nSPS) is 42.0. The molecule has 2 saturated heterocycles. The van der Waals surface area contributed by atoms with E-state index in [1.807, 2.05) is 0 Å². The number of hydrogen-bond acceptors (Lipinski definition) is 2. The average molecular weight is 187 g/mol. The van der Waals surface area contributed by atoms with Gasteiger partial charge in [0.15, 0.2) is 0 Å². The van der Waals surface area contributed by atoms with E-state index in [2.05, 4.69) is 18.6 Å². The van der Waals surface area contributed by atoms with Gasteiger partial charge >= 0.3 is 0 Å². The van der Waals surface area contributed by atoms with Gasteiger partial charge in [0.1, 0.15) is 0 Å².